The van der Waals surface area contributed by atoms with Crippen LogP contribution in [0.2, 0.25) is 0 Å². The van der Waals surface area contributed by atoms with Gasteiger partial charge in [0.05, 0.1) is 11.8 Å². The summed E-state index contributed by atoms with van der Waals surface area (Å²) in [4.78, 5) is 22.2. The third-order valence-electron chi connectivity index (χ3n) is 2.91. The quantitative estimate of drug-likeness (QED) is 0.892. The molecule has 4 nitrogen and oxygen atoms in total. The van der Waals surface area contributed by atoms with Gasteiger partial charge in [-0.1, -0.05) is 15.9 Å². The molecule has 6 heteroatoms. The average Bonchev–Trinajstić information content (AvgIpc) is 3.10. The predicted molar refractivity (Wildman–Crippen MR) is 65.2 cm³/mol. The van der Waals surface area contributed by atoms with Gasteiger partial charge in [0.1, 0.15) is 5.82 Å². The van der Waals surface area contributed by atoms with E-state index in [0.717, 1.165) is 0 Å². The number of benzene rings is 1. The standard InChI is InChI=1S/C12H11BrFNO3/c13-10-2-1-7(14)3-6(10)5-15-11(16)8-4-9(8)12(17)18/h1-3,8-9H,4-5H2,(H,15,16)(H,17,18)/t8-,9+/m1/s1. The van der Waals surface area contributed by atoms with E-state index in [1.807, 2.05) is 0 Å². The Bertz CT molecular complexity index is 506. The molecule has 1 saturated carbocycles. The number of carboxylic acids is 1. The van der Waals surface area contributed by atoms with E-state index in [9.17, 15) is 14.0 Å². The number of nitrogens with one attached hydrogen (secondary N) is 1. The summed E-state index contributed by atoms with van der Waals surface area (Å²) in [6.45, 7) is 0.181. The number of carbonyl (C=O) groups excluding carboxylic acids is 1. The second-order valence-corrected chi connectivity index (χ2v) is 5.09. The molecule has 2 atom stereocenters. The molecule has 2 N–H and O–H groups in total. The summed E-state index contributed by atoms with van der Waals surface area (Å²) in [6.07, 6.45) is 0.380. The highest BCUT2D eigenvalue weighted by Crippen LogP contribution is 2.38. The predicted octanol–water partition coefficient (Wildman–Crippen LogP) is 1.93. The van der Waals surface area contributed by atoms with Crippen molar-refractivity contribution in [1.82, 2.24) is 5.32 Å². The molecule has 0 aromatic heterocycles. The molecule has 1 aromatic rings. The summed E-state index contributed by atoms with van der Waals surface area (Å²) in [6, 6.07) is 4.21. The van der Waals surface area contributed by atoms with Crippen molar-refractivity contribution in [3.63, 3.8) is 0 Å². The molecule has 0 heterocycles. The smallest absolute Gasteiger partial charge is 0.307 e. The van der Waals surface area contributed by atoms with E-state index >= 15 is 0 Å². The minimum atomic E-state index is -0.943. The van der Waals surface area contributed by atoms with Crippen molar-refractivity contribution in [2.45, 2.75) is 13.0 Å². The zero-order valence-corrected chi connectivity index (χ0v) is 10.9. The van der Waals surface area contributed by atoms with E-state index in [2.05, 4.69) is 21.2 Å². The van der Waals surface area contributed by atoms with Crippen LogP contribution in [0.15, 0.2) is 22.7 Å². The van der Waals surface area contributed by atoms with E-state index in [4.69, 9.17) is 5.11 Å². The van der Waals surface area contributed by atoms with Crippen molar-refractivity contribution < 1.29 is 19.1 Å². The highest BCUT2D eigenvalue weighted by atomic mass is 79.9. The van der Waals surface area contributed by atoms with Gasteiger partial charge in [0.25, 0.3) is 0 Å². The largest absolute Gasteiger partial charge is 0.481 e. The second-order valence-electron chi connectivity index (χ2n) is 4.24. The van der Waals surface area contributed by atoms with Crippen LogP contribution in [0.1, 0.15) is 12.0 Å². The van der Waals surface area contributed by atoms with Gasteiger partial charge in [-0.05, 0) is 30.2 Å². The highest BCUT2D eigenvalue weighted by Gasteiger charge is 2.48. The van der Waals surface area contributed by atoms with E-state index in [0.29, 0.717) is 16.5 Å². The summed E-state index contributed by atoms with van der Waals surface area (Å²) < 4.78 is 13.7. The molecule has 96 valence electrons. The van der Waals surface area contributed by atoms with E-state index < -0.39 is 17.8 Å². The number of hydrogen-bond acceptors (Lipinski definition) is 2. The molecule has 18 heavy (non-hydrogen) atoms. The average molecular weight is 316 g/mol. The van der Waals surface area contributed by atoms with E-state index in [1.54, 1.807) is 6.07 Å². The van der Waals surface area contributed by atoms with Crippen LogP contribution in [0.4, 0.5) is 4.39 Å². The van der Waals surface area contributed by atoms with Gasteiger partial charge in [0, 0.05) is 11.0 Å². The van der Waals surface area contributed by atoms with Crippen LogP contribution in [0.5, 0.6) is 0 Å². The molecule has 1 aliphatic carbocycles. The molecule has 1 aromatic carbocycles. The first-order valence-corrected chi connectivity index (χ1v) is 6.23. The van der Waals surface area contributed by atoms with Crippen LogP contribution in [-0.2, 0) is 16.1 Å². The first-order chi connectivity index (χ1) is 8.49. The van der Waals surface area contributed by atoms with Crippen molar-refractivity contribution in [3.8, 4) is 0 Å². The normalized spacial score (nSPS) is 21.4. The number of carboxylic acid groups (broad SMARTS) is 1. The lowest BCUT2D eigenvalue weighted by Crippen LogP contribution is -2.26. The van der Waals surface area contributed by atoms with Crippen molar-refractivity contribution in [2.75, 3.05) is 0 Å². The first-order valence-electron chi connectivity index (χ1n) is 5.43. The molecule has 0 spiro atoms. The van der Waals surface area contributed by atoms with Crippen LogP contribution in [0.3, 0.4) is 0 Å². The highest BCUT2D eigenvalue weighted by molar-refractivity contribution is 9.10. The number of carbonyl (C=O) groups is 2. The number of rotatable bonds is 4. The van der Waals surface area contributed by atoms with Crippen molar-refractivity contribution in [1.29, 1.82) is 0 Å². The Kier molecular flexibility index (Phi) is 3.65. The Morgan fingerprint density at radius 2 is 2.17 bits per heavy atom. The maximum atomic E-state index is 13.0. The third-order valence-corrected chi connectivity index (χ3v) is 3.68. The molecule has 1 fully saturated rings. The second kappa shape index (κ2) is 5.06. The fourth-order valence-corrected chi connectivity index (χ4v) is 2.14. The zero-order chi connectivity index (χ0) is 13.3. The van der Waals surface area contributed by atoms with Crippen LogP contribution in [0.25, 0.3) is 0 Å². The minimum Gasteiger partial charge on any atom is -0.481 e. The van der Waals surface area contributed by atoms with Gasteiger partial charge in [0.15, 0.2) is 0 Å². The molecule has 1 amide bonds. The Hall–Kier alpha value is -1.43. The number of hydrogen-bond donors (Lipinski definition) is 2. The SMILES string of the molecule is O=C(O)[C@H]1C[C@H]1C(=O)NCc1cc(F)ccc1Br. The van der Waals surface area contributed by atoms with Gasteiger partial charge in [-0.2, -0.15) is 0 Å². The molecule has 0 radical (unpaired) electrons. The van der Waals surface area contributed by atoms with Crippen molar-refractivity contribution in [2.24, 2.45) is 11.8 Å². The number of aliphatic carboxylic acids is 1. The van der Waals surface area contributed by atoms with E-state index in [-0.39, 0.29) is 18.3 Å². The van der Waals surface area contributed by atoms with Gasteiger partial charge in [-0.3, -0.25) is 9.59 Å². The van der Waals surface area contributed by atoms with Crippen LogP contribution < -0.4 is 5.32 Å². The molecule has 0 bridgehead atoms. The lowest BCUT2D eigenvalue weighted by Gasteiger charge is -2.06. The zero-order valence-electron chi connectivity index (χ0n) is 9.32. The maximum Gasteiger partial charge on any atom is 0.307 e. The Morgan fingerprint density at radius 3 is 2.78 bits per heavy atom. The fraction of sp³-hybridized carbons (Fsp3) is 0.333. The first kappa shape index (κ1) is 13.0. The van der Waals surface area contributed by atoms with Crippen LogP contribution in [0, 0.1) is 17.7 Å². The third kappa shape index (κ3) is 2.87. The number of amides is 1. The molecule has 1 aliphatic rings. The lowest BCUT2D eigenvalue weighted by atomic mass is 10.2. The summed E-state index contributed by atoms with van der Waals surface area (Å²) in [7, 11) is 0. The number of halogens is 2. The topological polar surface area (TPSA) is 66.4 Å². The molecule has 2 rings (SSSR count). The fourth-order valence-electron chi connectivity index (χ4n) is 1.75. The lowest BCUT2D eigenvalue weighted by molar-refractivity contribution is -0.140. The summed E-state index contributed by atoms with van der Waals surface area (Å²) in [5, 5.41) is 11.3. The maximum absolute atomic E-state index is 13.0. The molecule has 0 saturated heterocycles. The van der Waals surface area contributed by atoms with Crippen LogP contribution in [-0.4, -0.2) is 17.0 Å². The molecular weight excluding hydrogens is 305 g/mol. The van der Waals surface area contributed by atoms with E-state index in [1.165, 1.54) is 12.1 Å². The minimum absolute atomic E-state index is 0.181. The van der Waals surface area contributed by atoms with Gasteiger partial charge in [-0.15, -0.1) is 0 Å². The molecule has 0 unspecified atom stereocenters. The van der Waals surface area contributed by atoms with Gasteiger partial charge >= 0.3 is 5.97 Å². The Balaban J connectivity index is 1.90. The molecular formula is C12H11BrFNO3. The molecule has 0 aliphatic heterocycles. The van der Waals surface area contributed by atoms with Gasteiger partial charge < -0.3 is 10.4 Å². The van der Waals surface area contributed by atoms with Gasteiger partial charge in [0.2, 0.25) is 5.91 Å². The van der Waals surface area contributed by atoms with Gasteiger partial charge in [-0.25, -0.2) is 4.39 Å². The Morgan fingerprint density at radius 1 is 1.44 bits per heavy atom. The monoisotopic (exact) mass is 315 g/mol. The van der Waals surface area contributed by atoms with Crippen LogP contribution >= 0.6 is 15.9 Å². The summed E-state index contributed by atoms with van der Waals surface area (Å²) in [5.74, 6) is -2.63. The van der Waals surface area contributed by atoms with Crippen molar-refractivity contribution in [3.05, 3.63) is 34.1 Å². The Labute approximate surface area is 111 Å². The summed E-state index contributed by atoms with van der Waals surface area (Å²) in [5.41, 5.74) is 0.621. The van der Waals surface area contributed by atoms with Crippen molar-refractivity contribution >= 4 is 27.8 Å². The summed E-state index contributed by atoms with van der Waals surface area (Å²) >= 11 is 3.26.